The van der Waals surface area contributed by atoms with Gasteiger partial charge in [0.25, 0.3) is 0 Å². The quantitative estimate of drug-likeness (QED) is 0.833. The van der Waals surface area contributed by atoms with Crippen molar-refractivity contribution in [3.63, 3.8) is 0 Å². The van der Waals surface area contributed by atoms with Gasteiger partial charge in [0.15, 0.2) is 0 Å². The highest BCUT2D eigenvalue weighted by atomic mass is 16.5. The van der Waals surface area contributed by atoms with Gasteiger partial charge in [-0.3, -0.25) is 0 Å². The van der Waals surface area contributed by atoms with Crippen molar-refractivity contribution in [2.45, 2.75) is 6.54 Å². The number of aryl methyl sites for hydroxylation is 1. The smallest absolute Gasteiger partial charge is 0.127 e. The van der Waals surface area contributed by atoms with E-state index in [1.54, 1.807) is 13.3 Å². The Morgan fingerprint density at radius 2 is 2.22 bits per heavy atom. The van der Waals surface area contributed by atoms with Crippen LogP contribution in [-0.2, 0) is 13.6 Å². The van der Waals surface area contributed by atoms with E-state index in [0.29, 0.717) is 12.2 Å². The van der Waals surface area contributed by atoms with Crippen molar-refractivity contribution in [1.29, 1.82) is 0 Å². The minimum Gasteiger partial charge on any atom is -0.497 e. The standard InChI is InChI=1S/C13H18N4O/c1-16-7-6-15-13(16)9-17(2)12-5-4-10(18-3)8-11(12)14/h4-8H,9,14H2,1-3H3. The number of ether oxygens (including phenoxy) is 1. The Hall–Kier alpha value is -2.17. The summed E-state index contributed by atoms with van der Waals surface area (Å²) < 4.78 is 7.14. The van der Waals surface area contributed by atoms with Crippen molar-refractivity contribution in [2.75, 3.05) is 24.8 Å². The molecule has 5 nitrogen and oxygen atoms in total. The largest absolute Gasteiger partial charge is 0.497 e. The van der Waals surface area contributed by atoms with Crippen LogP contribution in [-0.4, -0.2) is 23.7 Å². The van der Waals surface area contributed by atoms with Gasteiger partial charge in [-0.25, -0.2) is 4.98 Å². The third-order valence-electron chi connectivity index (χ3n) is 2.95. The third kappa shape index (κ3) is 2.40. The van der Waals surface area contributed by atoms with E-state index in [1.807, 2.05) is 43.1 Å². The number of nitrogens with zero attached hydrogens (tertiary/aromatic N) is 3. The summed E-state index contributed by atoms with van der Waals surface area (Å²) in [6.07, 6.45) is 3.72. The summed E-state index contributed by atoms with van der Waals surface area (Å²) in [7, 11) is 5.60. The van der Waals surface area contributed by atoms with Crippen molar-refractivity contribution in [1.82, 2.24) is 9.55 Å². The number of hydrogen-bond donors (Lipinski definition) is 1. The topological polar surface area (TPSA) is 56.3 Å². The molecule has 0 aliphatic heterocycles. The number of anilines is 2. The monoisotopic (exact) mass is 246 g/mol. The second kappa shape index (κ2) is 5.00. The van der Waals surface area contributed by atoms with E-state index < -0.39 is 0 Å². The Morgan fingerprint density at radius 1 is 1.44 bits per heavy atom. The predicted molar refractivity (Wildman–Crippen MR) is 72.7 cm³/mol. The Kier molecular flexibility index (Phi) is 3.41. The van der Waals surface area contributed by atoms with Crippen LogP contribution in [0.4, 0.5) is 11.4 Å². The fourth-order valence-electron chi connectivity index (χ4n) is 1.85. The minimum atomic E-state index is 0.700. The van der Waals surface area contributed by atoms with Gasteiger partial charge < -0.3 is 19.9 Å². The highest BCUT2D eigenvalue weighted by Gasteiger charge is 2.09. The third-order valence-corrected chi connectivity index (χ3v) is 2.95. The lowest BCUT2D eigenvalue weighted by atomic mass is 10.2. The van der Waals surface area contributed by atoms with E-state index in [2.05, 4.69) is 9.88 Å². The lowest BCUT2D eigenvalue weighted by Crippen LogP contribution is -2.20. The van der Waals surface area contributed by atoms with Gasteiger partial charge in [-0.2, -0.15) is 0 Å². The fourth-order valence-corrected chi connectivity index (χ4v) is 1.85. The van der Waals surface area contributed by atoms with E-state index in [9.17, 15) is 0 Å². The van der Waals surface area contributed by atoms with E-state index in [0.717, 1.165) is 17.3 Å². The molecule has 1 heterocycles. The van der Waals surface area contributed by atoms with Crippen LogP contribution in [0.2, 0.25) is 0 Å². The van der Waals surface area contributed by atoms with Crippen molar-refractivity contribution < 1.29 is 4.74 Å². The first-order valence-corrected chi connectivity index (χ1v) is 5.72. The molecule has 96 valence electrons. The molecule has 2 rings (SSSR count). The molecule has 0 fully saturated rings. The number of hydrogen-bond acceptors (Lipinski definition) is 4. The predicted octanol–water partition coefficient (Wildman–Crippen LogP) is 1.65. The van der Waals surface area contributed by atoms with E-state index in [-0.39, 0.29) is 0 Å². The Labute approximate surface area is 107 Å². The second-order valence-electron chi connectivity index (χ2n) is 4.24. The van der Waals surface area contributed by atoms with Crippen LogP contribution in [0, 0.1) is 0 Å². The Balaban J connectivity index is 2.19. The van der Waals surface area contributed by atoms with Crippen LogP contribution in [0.1, 0.15) is 5.82 Å². The molecule has 1 aromatic heterocycles. The molecule has 0 bridgehead atoms. The van der Waals surface area contributed by atoms with E-state index >= 15 is 0 Å². The summed E-state index contributed by atoms with van der Waals surface area (Å²) in [5.74, 6) is 1.76. The van der Waals surface area contributed by atoms with Crippen molar-refractivity contribution in [3.05, 3.63) is 36.4 Å². The number of imidazole rings is 1. The highest BCUT2D eigenvalue weighted by molar-refractivity contribution is 5.69. The maximum atomic E-state index is 6.02. The van der Waals surface area contributed by atoms with Crippen LogP contribution in [0.5, 0.6) is 5.75 Å². The van der Waals surface area contributed by atoms with Gasteiger partial charge in [0.1, 0.15) is 11.6 Å². The summed E-state index contributed by atoms with van der Waals surface area (Å²) in [5, 5.41) is 0. The molecule has 0 saturated heterocycles. The molecule has 1 aromatic carbocycles. The first-order chi connectivity index (χ1) is 8.61. The molecule has 0 saturated carbocycles. The molecular formula is C13H18N4O. The number of nitrogens with two attached hydrogens (primary N) is 1. The minimum absolute atomic E-state index is 0.700. The molecule has 0 unspecified atom stereocenters. The number of rotatable bonds is 4. The van der Waals surface area contributed by atoms with Crippen LogP contribution >= 0.6 is 0 Å². The lowest BCUT2D eigenvalue weighted by molar-refractivity contribution is 0.415. The number of methoxy groups -OCH3 is 1. The lowest BCUT2D eigenvalue weighted by Gasteiger charge is -2.21. The van der Waals surface area contributed by atoms with Gasteiger partial charge in [-0.05, 0) is 12.1 Å². The molecular weight excluding hydrogens is 228 g/mol. The molecule has 2 N–H and O–H groups in total. The maximum absolute atomic E-state index is 6.02. The van der Waals surface area contributed by atoms with Crippen LogP contribution in [0.3, 0.4) is 0 Å². The first kappa shape index (κ1) is 12.3. The van der Waals surface area contributed by atoms with Crippen LogP contribution in [0.15, 0.2) is 30.6 Å². The molecule has 0 radical (unpaired) electrons. The molecule has 0 aliphatic rings. The van der Waals surface area contributed by atoms with Crippen molar-refractivity contribution in [2.24, 2.45) is 7.05 Å². The average molecular weight is 246 g/mol. The molecule has 2 aromatic rings. The van der Waals surface area contributed by atoms with Crippen molar-refractivity contribution in [3.8, 4) is 5.75 Å². The first-order valence-electron chi connectivity index (χ1n) is 5.72. The van der Waals surface area contributed by atoms with E-state index in [4.69, 9.17) is 10.5 Å². The molecule has 0 amide bonds. The van der Waals surface area contributed by atoms with Gasteiger partial charge in [0.2, 0.25) is 0 Å². The summed E-state index contributed by atoms with van der Waals surface area (Å²) in [5.41, 5.74) is 7.69. The summed E-state index contributed by atoms with van der Waals surface area (Å²) >= 11 is 0. The molecule has 0 aliphatic carbocycles. The summed E-state index contributed by atoms with van der Waals surface area (Å²) in [6, 6.07) is 5.68. The molecule has 0 spiro atoms. The number of nitrogen functional groups attached to an aromatic ring is 1. The summed E-state index contributed by atoms with van der Waals surface area (Å²) in [4.78, 5) is 6.37. The fraction of sp³-hybridized carbons (Fsp3) is 0.308. The zero-order valence-electron chi connectivity index (χ0n) is 10.9. The van der Waals surface area contributed by atoms with Gasteiger partial charge in [-0.1, -0.05) is 0 Å². The highest BCUT2D eigenvalue weighted by Crippen LogP contribution is 2.27. The Bertz CT molecular complexity index is 536. The van der Waals surface area contributed by atoms with Gasteiger partial charge in [-0.15, -0.1) is 0 Å². The van der Waals surface area contributed by atoms with Crippen LogP contribution < -0.4 is 15.4 Å². The SMILES string of the molecule is COc1ccc(N(C)Cc2nccn2C)c(N)c1. The Morgan fingerprint density at radius 3 is 2.78 bits per heavy atom. The van der Waals surface area contributed by atoms with Gasteiger partial charge >= 0.3 is 0 Å². The van der Waals surface area contributed by atoms with Gasteiger partial charge in [0.05, 0.1) is 25.0 Å². The second-order valence-corrected chi connectivity index (χ2v) is 4.24. The maximum Gasteiger partial charge on any atom is 0.127 e. The van der Waals surface area contributed by atoms with Crippen molar-refractivity contribution >= 4 is 11.4 Å². The normalized spacial score (nSPS) is 10.4. The van der Waals surface area contributed by atoms with Gasteiger partial charge in [0, 0.05) is 32.6 Å². The molecule has 0 atom stereocenters. The zero-order chi connectivity index (χ0) is 13.1. The van der Waals surface area contributed by atoms with Crippen LogP contribution in [0.25, 0.3) is 0 Å². The number of benzene rings is 1. The average Bonchev–Trinajstić information content (AvgIpc) is 2.74. The number of aromatic nitrogens is 2. The summed E-state index contributed by atoms with van der Waals surface area (Å²) in [6.45, 7) is 0.708. The molecule has 18 heavy (non-hydrogen) atoms. The van der Waals surface area contributed by atoms with E-state index in [1.165, 1.54) is 0 Å². The molecule has 5 heteroatoms. The zero-order valence-corrected chi connectivity index (χ0v) is 10.9.